The van der Waals surface area contributed by atoms with Gasteiger partial charge in [0.25, 0.3) is 0 Å². The Morgan fingerprint density at radius 3 is 1.57 bits per heavy atom. The Kier molecular flexibility index (Phi) is 7.38. The van der Waals surface area contributed by atoms with Crippen LogP contribution in [-0.2, 0) is 12.3 Å². The molecule has 1 N–H and O–H groups in total. The first kappa shape index (κ1) is 20.5. The molecule has 2 atom stereocenters. The standard InChI is InChI=1S/C28H27NS/c1-5-13-23(14-6-1)21-29-27(25-17-9-3-10-18-25)28(26-19-11-4-12-20-26)30-22-24-15-7-2-8-16-24/h1-20,27-29H,21-22H2/t27-,28+/m0/s1. The molecule has 0 aromatic heterocycles. The number of thioether (sulfide) groups is 1. The van der Waals surface area contributed by atoms with Crippen molar-refractivity contribution in [1.82, 2.24) is 5.32 Å². The number of rotatable bonds is 9. The molecule has 150 valence electrons. The molecule has 2 heteroatoms. The van der Waals surface area contributed by atoms with Crippen LogP contribution in [0.3, 0.4) is 0 Å². The number of benzene rings is 4. The minimum atomic E-state index is 0.211. The van der Waals surface area contributed by atoms with Gasteiger partial charge in [0.05, 0.1) is 0 Å². The van der Waals surface area contributed by atoms with Gasteiger partial charge in [0, 0.05) is 23.6 Å². The molecule has 0 aliphatic rings. The summed E-state index contributed by atoms with van der Waals surface area (Å²) in [4.78, 5) is 0. The molecule has 0 spiro atoms. The molecular formula is C28H27NS. The molecule has 0 heterocycles. The van der Waals surface area contributed by atoms with Gasteiger partial charge in [0.2, 0.25) is 0 Å². The monoisotopic (exact) mass is 409 g/mol. The van der Waals surface area contributed by atoms with E-state index in [9.17, 15) is 0 Å². The molecule has 0 bridgehead atoms. The highest BCUT2D eigenvalue weighted by atomic mass is 32.2. The predicted octanol–water partition coefficient (Wildman–Crippen LogP) is 7.19. The summed E-state index contributed by atoms with van der Waals surface area (Å²) in [6.07, 6.45) is 0. The van der Waals surface area contributed by atoms with Gasteiger partial charge in [-0.3, -0.25) is 0 Å². The normalized spacial score (nSPS) is 12.9. The van der Waals surface area contributed by atoms with Crippen molar-refractivity contribution < 1.29 is 0 Å². The maximum atomic E-state index is 3.87. The Labute approximate surface area is 184 Å². The van der Waals surface area contributed by atoms with Crippen molar-refractivity contribution in [3.63, 3.8) is 0 Å². The van der Waals surface area contributed by atoms with Crippen LogP contribution in [0.5, 0.6) is 0 Å². The maximum absolute atomic E-state index is 3.87. The smallest absolute Gasteiger partial charge is 0.0495 e. The summed E-state index contributed by atoms with van der Waals surface area (Å²) < 4.78 is 0. The zero-order valence-corrected chi connectivity index (χ0v) is 17.8. The van der Waals surface area contributed by atoms with Crippen molar-refractivity contribution in [1.29, 1.82) is 0 Å². The summed E-state index contributed by atoms with van der Waals surface area (Å²) in [7, 11) is 0. The number of hydrogen-bond acceptors (Lipinski definition) is 2. The molecule has 4 aromatic carbocycles. The third-order valence-electron chi connectivity index (χ3n) is 5.23. The van der Waals surface area contributed by atoms with Gasteiger partial charge < -0.3 is 5.32 Å². The lowest BCUT2D eigenvalue weighted by Crippen LogP contribution is -2.26. The first-order chi connectivity index (χ1) is 14.9. The average Bonchev–Trinajstić information content (AvgIpc) is 2.83. The van der Waals surface area contributed by atoms with Crippen molar-refractivity contribution in [3.05, 3.63) is 144 Å². The van der Waals surface area contributed by atoms with Crippen molar-refractivity contribution in [2.45, 2.75) is 23.6 Å². The second kappa shape index (κ2) is 10.8. The Bertz CT molecular complexity index is 903. The fourth-order valence-electron chi connectivity index (χ4n) is 3.67. The van der Waals surface area contributed by atoms with E-state index >= 15 is 0 Å². The summed E-state index contributed by atoms with van der Waals surface area (Å²) in [6.45, 7) is 0.843. The summed E-state index contributed by atoms with van der Waals surface area (Å²) in [5.74, 6) is 0.983. The molecule has 0 aliphatic heterocycles. The van der Waals surface area contributed by atoms with Crippen molar-refractivity contribution >= 4 is 11.8 Å². The van der Waals surface area contributed by atoms with Crippen molar-refractivity contribution in [2.75, 3.05) is 0 Å². The topological polar surface area (TPSA) is 12.0 Å². The highest BCUT2D eigenvalue weighted by molar-refractivity contribution is 7.98. The molecule has 0 radical (unpaired) electrons. The van der Waals surface area contributed by atoms with E-state index in [2.05, 4.69) is 127 Å². The third kappa shape index (κ3) is 5.63. The molecule has 30 heavy (non-hydrogen) atoms. The van der Waals surface area contributed by atoms with E-state index in [1.165, 1.54) is 22.3 Å². The lowest BCUT2D eigenvalue weighted by atomic mass is 9.98. The molecule has 4 aromatic rings. The van der Waals surface area contributed by atoms with Crippen molar-refractivity contribution in [3.8, 4) is 0 Å². The highest BCUT2D eigenvalue weighted by Crippen LogP contribution is 2.41. The summed E-state index contributed by atoms with van der Waals surface area (Å²) in [6, 6.07) is 43.3. The number of nitrogens with one attached hydrogen (secondary N) is 1. The van der Waals surface area contributed by atoms with Crippen LogP contribution in [0.2, 0.25) is 0 Å². The van der Waals surface area contributed by atoms with Gasteiger partial charge in [-0.1, -0.05) is 121 Å². The van der Waals surface area contributed by atoms with E-state index in [-0.39, 0.29) is 6.04 Å². The van der Waals surface area contributed by atoms with Gasteiger partial charge in [-0.05, 0) is 22.3 Å². The first-order valence-electron chi connectivity index (χ1n) is 10.4. The van der Waals surface area contributed by atoms with E-state index in [0.717, 1.165) is 12.3 Å². The second-order valence-electron chi connectivity index (χ2n) is 7.38. The van der Waals surface area contributed by atoms with Crippen LogP contribution in [0.1, 0.15) is 33.5 Å². The lowest BCUT2D eigenvalue weighted by molar-refractivity contribution is 0.522. The maximum Gasteiger partial charge on any atom is 0.0495 e. The SMILES string of the molecule is c1ccc(CN[C@@H](c2ccccc2)[C@H](SCc2ccccc2)c2ccccc2)cc1. The molecule has 0 fully saturated rings. The molecule has 0 saturated heterocycles. The Morgan fingerprint density at radius 2 is 1.00 bits per heavy atom. The van der Waals surface area contributed by atoms with E-state index in [1.807, 2.05) is 11.8 Å². The van der Waals surface area contributed by atoms with E-state index in [1.54, 1.807) is 0 Å². The van der Waals surface area contributed by atoms with Crippen LogP contribution in [0.15, 0.2) is 121 Å². The quantitative estimate of drug-likeness (QED) is 0.314. The van der Waals surface area contributed by atoms with E-state index in [4.69, 9.17) is 0 Å². The molecular weight excluding hydrogens is 382 g/mol. The van der Waals surface area contributed by atoms with Gasteiger partial charge in [0.1, 0.15) is 0 Å². The highest BCUT2D eigenvalue weighted by Gasteiger charge is 2.25. The average molecular weight is 410 g/mol. The fourth-order valence-corrected chi connectivity index (χ4v) is 5.03. The van der Waals surface area contributed by atoms with Crippen LogP contribution in [-0.4, -0.2) is 0 Å². The second-order valence-corrected chi connectivity index (χ2v) is 8.51. The zero-order chi connectivity index (χ0) is 20.4. The van der Waals surface area contributed by atoms with Crippen LogP contribution >= 0.6 is 11.8 Å². The largest absolute Gasteiger partial charge is 0.305 e. The predicted molar refractivity (Wildman–Crippen MR) is 129 cm³/mol. The van der Waals surface area contributed by atoms with Gasteiger partial charge >= 0.3 is 0 Å². The fraction of sp³-hybridized carbons (Fsp3) is 0.143. The minimum Gasteiger partial charge on any atom is -0.305 e. The van der Waals surface area contributed by atoms with E-state index in [0.29, 0.717) is 5.25 Å². The molecule has 0 saturated carbocycles. The first-order valence-corrected chi connectivity index (χ1v) is 11.5. The molecule has 4 rings (SSSR count). The molecule has 1 nitrogen and oxygen atoms in total. The van der Waals surface area contributed by atoms with Gasteiger partial charge in [0.15, 0.2) is 0 Å². The van der Waals surface area contributed by atoms with Crippen LogP contribution < -0.4 is 5.32 Å². The zero-order valence-electron chi connectivity index (χ0n) is 17.0. The van der Waals surface area contributed by atoms with Gasteiger partial charge in [-0.15, -0.1) is 11.8 Å². The Balaban J connectivity index is 1.63. The third-order valence-corrected chi connectivity index (χ3v) is 6.63. The lowest BCUT2D eigenvalue weighted by Gasteiger charge is -2.29. The van der Waals surface area contributed by atoms with Crippen LogP contribution in [0.4, 0.5) is 0 Å². The Hall–Kier alpha value is -2.81. The molecule has 0 amide bonds. The van der Waals surface area contributed by atoms with Crippen LogP contribution in [0, 0.1) is 0 Å². The van der Waals surface area contributed by atoms with Gasteiger partial charge in [-0.25, -0.2) is 0 Å². The summed E-state index contributed by atoms with van der Waals surface area (Å²) in [5, 5.41) is 4.17. The summed E-state index contributed by atoms with van der Waals surface area (Å²) in [5.41, 5.74) is 5.34. The van der Waals surface area contributed by atoms with E-state index < -0.39 is 0 Å². The minimum absolute atomic E-state index is 0.211. The Morgan fingerprint density at radius 1 is 0.533 bits per heavy atom. The number of hydrogen-bond donors (Lipinski definition) is 1. The van der Waals surface area contributed by atoms with Crippen molar-refractivity contribution in [2.24, 2.45) is 0 Å². The summed E-state index contributed by atoms with van der Waals surface area (Å²) >= 11 is 2.00. The van der Waals surface area contributed by atoms with Crippen LogP contribution in [0.25, 0.3) is 0 Å². The van der Waals surface area contributed by atoms with Gasteiger partial charge in [-0.2, -0.15) is 0 Å². The molecule has 0 aliphatic carbocycles. The molecule has 0 unspecified atom stereocenters.